The average molecular weight is 252 g/mol. The number of nitrogens with zero attached hydrogens (tertiary/aromatic N) is 1. The molecule has 6 heteroatoms. The standard InChI is InChI=1S/C12H16N2O4/c1-7(12(16)17)14(2)11(15)9-5-4-8(18-3)6-10(9)13/h4-7H,13H2,1-3H3,(H,16,17). The van der Waals surface area contributed by atoms with Gasteiger partial charge in [-0.25, -0.2) is 4.79 Å². The molecule has 0 saturated heterocycles. The Balaban J connectivity index is 3.00. The summed E-state index contributed by atoms with van der Waals surface area (Å²) in [5.74, 6) is -0.971. The fraction of sp³-hybridized carbons (Fsp3) is 0.333. The molecule has 1 unspecified atom stereocenters. The first kappa shape index (κ1) is 13.8. The molecule has 0 saturated carbocycles. The van der Waals surface area contributed by atoms with Gasteiger partial charge in [0.05, 0.1) is 12.7 Å². The van der Waals surface area contributed by atoms with Crippen molar-refractivity contribution in [2.75, 3.05) is 19.9 Å². The van der Waals surface area contributed by atoms with Gasteiger partial charge in [-0.3, -0.25) is 4.79 Å². The van der Waals surface area contributed by atoms with E-state index in [2.05, 4.69) is 0 Å². The Labute approximate surface area is 105 Å². The zero-order valence-electron chi connectivity index (χ0n) is 10.5. The summed E-state index contributed by atoms with van der Waals surface area (Å²) < 4.78 is 4.98. The van der Waals surface area contributed by atoms with Crippen LogP contribution < -0.4 is 10.5 Å². The van der Waals surface area contributed by atoms with Crippen molar-refractivity contribution in [3.63, 3.8) is 0 Å². The zero-order chi connectivity index (χ0) is 13.9. The second kappa shape index (κ2) is 5.39. The third kappa shape index (κ3) is 2.71. The number of carboxylic acids is 1. The number of carbonyl (C=O) groups excluding carboxylic acids is 1. The number of aliphatic carboxylic acids is 1. The van der Waals surface area contributed by atoms with Gasteiger partial charge < -0.3 is 20.5 Å². The summed E-state index contributed by atoms with van der Waals surface area (Å²) in [6, 6.07) is 3.72. The topological polar surface area (TPSA) is 92.9 Å². The molecule has 1 atom stereocenters. The molecule has 1 aromatic rings. The number of carboxylic acid groups (broad SMARTS) is 1. The van der Waals surface area contributed by atoms with Crippen LogP contribution in [-0.4, -0.2) is 42.1 Å². The van der Waals surface area contributed by atoms with Crippen molar-refractivity contribution in [1.29, 1.82) is 0 Å². The molecule has 1 rings (SSSR count). The molecule has 0 radical (unpaired) electrons. The number of methoxy groups -OCH3 is 1. The van der Waals surface area contributed by atoms with Crippen LogP contribution in [0.2, 0.25) is 0 Å². The molecule has 3 N–H and O–H groups in total. The van der Waals surface area contributed by atoms with Crippen LogP contribution in [0.25, 0.3) is 0 Å². The smallest absolute Gasteiger partial charge is 0.326 e. The van der Waals surface area contributed by atoms with E-state index in [9.17, 15) is 9.59 Å². The van der Waals surface area contributed by atoms with Crippen molar-refractivity contribution < 1.29 is 19.4 Å². The van der Waals surface area contributed by atoms with Gasteiger partial charge in [0, 0.05) is 18.8 Å². The highest BCUT2D eigenvalue weighted by Crippen LogP contribution is 2.21. The van der Waals surface area contributed by atoms with Gasteiger partial charge in [-0.1, -0.05) is 0 Å². The lowest BCUT2D eigenvalue weighted by molar-refractivity contribution is -0.141. The molecule has 1 aromatic carbocycles. The minimum absolute atomic E-state index is 0.254. The fourth-order valence-corrected chi connectivity index (χ4v) is 1.39. The number of amides is 1. The Morgan fingerprint density at radius 3 is 2.50 bits per heavy atom. The minimum atomic E-state index is -1.07. The molecule has 1 amide bonds. The molecule has 0 aliphatic heterocycles. The Bertz CT molecular complexity index is 473. The lowest BCUT2D eigenvalue weighted by Gasteiger charge is -2.22. The van der Waals surface area contributed by atoms with Crippen LogP contribution in [-0.2, 0) is 4.79 Å². The van der Waals surface area contributed by atoms with Crippen LogP contribution in [0.3, 0.4) is 0 Å². The first-order chi connectivity index (χ1) is 8.38. The maximum atomic E-state index is 12.1. The molecule has 0 bridgehead atoms. The Morgan fingerprint density at radius 2 is 2.06 bits per heavy atom. The van der Waals surface area contributed by atoms with E-state index in [-0.39, 0.29) is 11.3 Å². The molecule has 6 nitrogen and oxygen atoms in total. The van der Waals surface area contributed by atoms with E-state index < -0.39 is 17.9 Å². The normalized spacial score (nSPS) is 11.7. The quantitative estimate of drug-likeness (QED) is 0.774. The summed E-state index contributed by atoms with van der Waals surface area (Å²) in [4.78, 5) is 24.0. The van der Waals surface area contributed by atoms with Crippen LogP contribution in [0.15, 0.2) is 18.2 Å². The van der Waals surface area contributed by atoms with Crippen LogP contribution in [0.5, 0.6) is 5.75 Å². The van der Waals surface area contributed by atoms with Crippen molar-refractivity contribution in [2.24, 2.45) is 0 Å². The fourth-order valence-electron chi connectivity index (χ4n) is 1.39. The predicted molar refractivity (Wildman–Crippen MR) is 66.6 cm³/mol. The summed E-state index contributed by atoms with van der Waals surface area (Å²) >= 11 is 0. The molecule has 0 fully saturated rings. The SMILES string of the molecule is COc1ccc(C(=O)N(C)C(C)C(=O)O)c(N)c1. The Morgan fingerprint density at radius 1 is 1.44 bits per heavy atom. The van der Waals surface area contributed by atoms with E-state index in [4.69, 9.17) is 15.6 Å². The zero-order valence-corrected chi connectivity index (χ0v) is 10.5. The highest BCUT2D eigenvalue weighted by atomic mass is 16.5. The molecule has 18 heavy (non-hydrogen) atoms. The lowest BCUT2D eigenvalue weighted by atomic mass is 10.1. The minimum Gasteiger partial charge on any atom is -0.497 e. The van der Waals surface area contributed by atoms with Crippen molar-refractivity contribution in [3.8, 4) is 5.75 Å². The molecule has 0 aliphatic rings. The summed E-state index contributed by atoms with van der Waals surface area (Å²) in [5, 5.41) is 8.85. The maximum Gasteiger partial charge on any atom is 0.326 e. The van der Waals surface area contributed by atoms with Gasteiger partial charge in [-0.2, -0.15) is 0 Å². The third-order valence-electron chi connectivity index (χ3n) is 2.75. The van der Waals surface area contributed by atoms with Gasteiger partial charge in [0.1, 0.15) is 11.8 Å². The summed E-state index contributed by atoms with van der Waals surface area (Å²) in [6.45, 7) is 1.43. The van der Waals surface area contributed by atoms with Crippen molar-refractivity contribution in [3.05, 3.63) is 23.8 Å². The van der Waals surface area contributed by atoms with E-state index in [1.54, 1.807) is 6.07 Å². The molecular weight excluding hydrogens is 236 g/mol. The van der Waals surface area contributed by atoms with Crippen molar-refractivity contribution >= 4 is 17.6 Å². The number of nitrogen functional groups attached to an aromatic ring is 1. The number of hydrogen-bond donors (Lipinski definition) is 2. The number of likely N-dealkylation sites (N-methyl/N-ethyl adjacent to an activating group) is 1. The van der Waals surface area contributed by atoms with Gasteiger partial charge in [0.2, 0.25) is 0 Å². The molecule has 0 heterocycles. The van der Waals surface area contributed by atoms with Crippen molar-refractivity contribution in [2.45, 2.75) is 13.0 Å². The van der Waals surface area contributed by atoms with E-state index in [0.717, 1.165) is 4.90 Å². The highest BCUT2D eigenvalue weighted by molar-refractivity contribution is 6.00. The van der Waals surface area contributed by atoms with E-state index >= 15 is 0 Å². The van der Waals surface area contributed by atoms with E-state index in [1.165, 1.54) is 33.2 Å². The molecule has 0 aromatic heterocycles. The first-order valence-corrected chi connectivity index (χ1v) is 5.32. The monoisotopic (exact) mass is 252 g/mol. The highest BCUT2D eigenvalue weighted by Gasteiger charge is 2.24. The summed E-state index contributed by atoms with van der Waals surface area (Å²) in [6.07, 6.45) is 0. The number of nitrogens with two attached hydrogens (primary N) is 1. The Hall–Kier alpha value is -2.24. The number of ether oxygens (including phenoxy) is 1. The van der Waals surface area contributed by atoms with Crippen molar-refractivity contribution in [1.82, 2.24) is 4.90 Å². The van der Waals surface area contributed by atoms with Gasteiger partial charge in [0.25, 0.3) is 5.91 Å². The second-order valence-corrected chi connectivity index (χ2v) is 3.88. The Kier molecular flexibility index (Phi) is 4.14. The summed E-state index contributed by atoms with van der Waals surface area (Å²) in [5.41, 5.74) is 6.25. The van der Waals surface area contributed by atoms with Gasteiger partial charge >= 0.3 is 5.97 Å². The molecule has 98 valence electrons. The van der Waals surface area contributed by atoms with Gasteiger partial charge in [-0.15, -0.1) is 0 Å². The molecular formula is C12H16N2O4. The van der Waals surface area contributed by atoms with Crippen LogP contribution in [0.1, 0.15) is 17.3 Å². The van der Waals surface area contributed by atoms with Crippen LogP contribution >= 0.6 is 0 Å². The third-order valence-corrected chi connectivity index (χ3v) is 2.75. The summed E-state index contributed by atoms with van der Waals surface area (Å²) in [7, 11) is 2.92. The number of rotatable bonds is 4. The lowest BCUT2D eigenvalue weighted by Crippen LogP contribution is -2.40. The predicted octanol–water partition coefficient (Wildman–Crippen LogP) is 0.823. The number of hydrogen-bond acceptors (Lipinski definition) is 4. The maximum absolute atomic E-state index is 12.1. The first-order valence-electron chi connectivity index (χ1n) is 5.32. The van der Waals surface area contributed by atoms with Crippen LogP contribution in [0.4, 0.5) is 5.69 Å². The number of carbonyl (C=O) groups is 2. The van der Waals surface area contributed by atoms with Gasteiger partial charge in [-0.05, 0) is 19.1 Å². The number of anilines is 1. The van der Waals surface area contributed by atoms with Crippen LogP contribution in [0, 0.1) is 0 Å². The molecule has 0 spiro atoms. The molecule has 0 aliphatic carbocycles. The second-order valence-electron chi connectivity index (χ2n) is 3.88. The van der Waals surface area contributed by atoms with E-state index in [1.807, 2.05) is 0 Å². The van der Waals surface area contributed by atoms with Gasteiger partial charge in [0.15, 0.2) is 0 Å². The number of benzene rings is 1. The van der Waals surface area contributed by atoms with E-state index in [0.29, 0.717) is 5.75 Å². The average Bonchev–Trinajstić information content (AvgIpc) is 2.35. The largest absolute Gasteiger partial charge is 0.497 e.